The van der Waals surface area contributed by atoms with Gasteiger partial charge in [-0.15, -0.1) is 0 Å². The Hall–Kier alpha value is -2.66. The molecule has 1 aliphatic rings. The lowest BCUT2D eigenvalue weighted by Gasteiger charge is -2.33. The first kappa shape index (κ1) is 22.0. The van der Waals surface area contributed by atoms with Gasteiger partial charge in [0.05, 0.1) is 13.1 Å². The van der Waals surface area contributed by atoms with E-state index in [0.717, 1.165) is 49.2 Å². The zero-order valence-corrected chi connectivity index (χ0v) is 18.4. The Morgan fingerprint density at radius 2 is 1.60 bits per heavy atom. The van der Waals surface area contributed by atoms with Gasteiger partial charge in [0, 0.05) is 18.8 Å². The van der Waals surface area contributed by atoms with E-state index in [1.54, 1.807) is 4.90 Å². The standard InChI is InChI=1S/C25H33N3O2/c1-19-8-7-9-20(2)25(19)26-23(29)17-27(3)18-24(30)28-14-12-22(13-15-28)16-21-10-5-4-6-11-21/h4-11,22H,12-18H2,1-3H3,(H,26,29). The van der Waals surface area contributed by atoms with Gasteiger partial charge in [-0.05, 0) is 62.8 Å². The molecule has 30 heavy (non-hydrogen) atoms. The lowest BCUT2D eigenvalue weighted by Crippen LogP contribution is -2.45. The maximum atomic E-state index is 12.7. The second-order valence-electron chi connectivity index (χ2n) is 8.50. The van der Waals surface area contributed by atoms with E-state index in [0.29, 0.717) is 5.92 Å². The molecule has 0 spiro atoms. The molecular formula is C25H33N3O2. The van der Waals surface area contributed by atoms with Crippen molar-refractivity contribution in [3.05, 3.63) is 65.2 Å². The van der Waals surface area contributed by atoms with Crippen LogP contribution >= 0.6 is 0 Å². The monoisotopic (exact) mass is 407 g/mol. The molecule has 1 saturated heterocycles. The minimum absolute atomic E-state index is 0.0933. The van der Waals surface area contributed by atoms with Crippen LogP contribution in [-0.2, 0) is 16.0 Å². The van der Waals surface area contributed by atoms with Crippen molar-refractivity contribution in [1.82, 2.24) is 9.80 Å². The largest absolute Gasteiger partial charge is 0.342 e. The van der Waals surface area contributed by atoms with Gasteiger partial charge in [-0.25, -0.2) is 0 Å². The third kappa shape index (κ3) is 6.17. The van der Waals surface area contributed by atoms with E-state index in [2.05, 4.69) is 29.6 Å². The molecule has 2 aromatic rings. The summed E-state index contributed by atoms with van der Waals surface area (Å²) in [7, 11) is 1.82. The molecule has 0 atom stereocenters. The summed E-state index contributed by atoms with van der Waals surface area (Å²) < 4.78 is 0. The van der Waals surface area contributed by atoms with Crippen molar-refractivity contribution in [2.75, 3.05) is 38.5 Å². The summed E-state index contributed by atoms with van der Waals surface area (Å²) >= 11 is 0. The molecule has 5 heteroatoms. The van der Waals surface area contributed by atoms with Crippen LogP contribution in [0.4, 0.5) is 5.69 Å². The van der Waals surface area contributed by atoms with Gasteiger partial charge in [0.25, 0.3) is 0 Å². The first-order valence-corrected chi connectivity index (χ1v) is 10.8. The van der Waals surface area contributed by atoms with E-state index >= 15 is 0 Å². The lowest BCUT2D eigenvalue weighted by molar-refractivity contribution is -0.133. The molecule has 1 heterocycles. The third-order valence-corrected chi connectivity index (χ3v) is 5.90. The molecule has 5 nitrogen and oxygen atoms in total. The van der Waals surface area contributed by atoms with Gasteiger partial charge in [-0.2, -0.15) is 0 Å². The number of likely N-dealkylation sites (tertiary alicyclic amines) is 1. The Morgan fingerprint density at radius 1 is 0.967 bits per heavy atom. The molecule has 1 aliphatic heterocycles. The molecule has 3 rings (SSSR count). The number of hydrogen-bond acceptors (Lipinski definition) is 3. The average molecular weight is 408 g/mol. The molecule has 0 aliphatic carbocycles. The highest BCUT2D eigenvalue weighted by molar-refractivity contribution is 5.94. The maximum Gasteiger partial charge on any atom is 0.238 e. The molecular weight excluding hydrogens is 374 g/mol. The number of para-hydroxylation sites is 1. The average Bonchev–Trinajstić information content (AvgIpc) is 2.72. The highest BCUT2D eigenvalue weighted by atomic mass is 16.2. The summed E-state index contributed by atoms with van der Waals surface area (Å²) in [6, 6.07) is 16.5. The van der Waals surface area contributed by atoms with E-state index in [1.807, 2.05) is 50.1 Å². The third-order valence-electron chi connectivity index (χ3n) is 5.90. The van der Waals surface area contributed by atoms with Gasteiger partial charge in [0.2, 0.25) is 11.8 Å². The SMILES string of the molecule is Cc1cccc(C)c1NC(=O)CN(C)CC(=O)N1CCC(Cc2ccccc2)CC1. The Kier molecular flexibility index (Phi) is 7.63. The van der Waals surface area contributed by atoms with Crippen LogP contribution in [0.2, 0.25) is 0 Å². The Balaban J connectivity index is 1.42. The number of aryl methyl sites for hydroxylation is 2. The quantitative estimate of drug-likeness (QED) is 0.762. The van der Waals surface area contributed by atoms with Crippen LogP contribution in [0.1, 0.15) is 29.5 Å². The fourth-order valence-corrected chi connectivity index (χ4v) is 4.16. The van der Waals surface area contributed by atoms with Crippen molar-refractivity contribution in [1.29, 1.82) is 0 Å². The zero-order chi connectivity index (χ0) is 21.5. The van der Waals surface area contributed by atoms with Gasteiger partial charge >= 0.3 is 0 Å². The topological polar surface area (TPSA) is 52.7 Å². The molecule has 2 aromatic carbocycles. The number of anilines is 1. The molecule has 1 N–H and O–H groups in total. The number of likely N-dealkylation sites (N-methyl/N-ethyl adjacent to an activating group) is 1. The van der Waals surface area contributed by atoms with Crippen molar-refractivity contribution < 1.29 is 9.59 Å². The van der Waals surface area contributed by atoms with Gasteiger partial charge in [-0.3, -0.25) is 14.5 Å². The summed E-state index contributed by atoms with van der Waals surface area (Å²) in [5.41, 5.74) is 4.32. The molecule has 0 radical (unpaired) electrons. The predicted octanol–water partition coefficient (Wildman–Crippen LogP) is 3.66. The van der Waals surface area contributed by atoms with E-state index in [4.69, 9.17) is 0 Å². The Labute approximate surface area is 180 Å². The summed E-state index contributed by atoms with van der Waals surface area (Å²) in [5.74, 6) is 0.650. The van der Waals surface area contributed by atoms with Gasteiger partial charge < -0.3 is 10.2 Å². The second-order valence-corrected chi connectivity index (χ2v) is 8.50. The first-order chi connectivity index (χ1) is 14.4. The maximum absolute atomic E-state index is 12.7. The summed E-state index contributed by atoms with van der Waals surface area (Å²) in [6.07, 6.45) is 3.16. The number of carbonyl (C=O) groups excluding carboxylic acids is 2. The first-order valence-electron chi connectivity index (χ1n) is 10.8. The van der Waals surface area contributed by atoms with Crippen LogP contribution in [0.3, 0.4) is 0 Å². The summed E-state index contributed by atoms with van der Waals surface area (Å²) in [5, 5.41) is 2.99. The second kappa shape index (κ2) is 10.4. The predicted molar refractivity (Wildman–Crippen MR) is 121 cm³/mol. The van der Waals surface area contributed by atoms with E-state index in [-0.39, 0.29) is 24.9 Å². The Bertz CT molecular complexity index is 838. The molecule has 0 unspecified atom stereocenters. The van der Waals surface area contributed by atoms with Crippen LogP contribution < -0.4 is 5.32 Å². The molecule has 160 valence electrons. The van der Waals surface area contributed by atoms with Crippen LogP contribution in [-0.4, -0.2) is 54.8 Å². The van der Waals surface area contributed by atoms with E-state index in [9.17, 15) is 9.59 Å². The fraction of sp³-hybridized carbons (Fsp3) is 0.440. The number of piperidine rings is 1. The van der Waals surface area contributed by atoms with Gasteiger partial charge in [-0.1, -0.05) is 48.5 Å². The number of benzene rings is 2. The molecule has 2 amide bonds. The summed E-state index contributed by atoms with van der Waals surface area (Å²) in [4.78, 5) is 28.8. The van der Waals surface area contributed by atoms with E-state index in [1.165, 1.54) is 5.56 Å². The molecule has 0 saturated carbocycles. The van der Waals surface area contributed by atoms with E-state index < -0.39 is 0 Å². The highest BCUT2D eigenvalue weighted by Gasteiger charge is 2.24. The minimum Gasteiger partial charge on any atom is -0.342 e. The smallest absolute Gasteiger partial charge is 0.238 e. The molecule has 0 bridgehead atoms. The minimum atomic E-state index is -0.0933. The summed E-state index contributed by atoms with van der Waals surface area (Å²) in [6.45, 7) is 6.04. The highest BCUT2D eigenvalue weighted by Crippen LogP contribution is 2.22. The Morgan fingerprint density at radius 3 is 2.23 bits per heavy atom. The van der Waals surface area contributed by atoms with Crippen molar-refractivity contribution in [2.24, 2.45) is 5.92 Å². The van der Waals surface area contributed by atoms with Crippen molar-refractivity contribution in [2.45, 2.75) is 33.1 Å². The van der Waals surface area contributed by atoms with Gasteiger partial charge in [0.15, 0.2) is 0 Å². The van der Waals surface area contributed by atoms with Crippen molar-refractivity contribution in [3.8, 4) is 0 Å². The van der Waals surface area contributed by atoms with Crippen molar-refractivity contribution in [3.63, 3.8) is 0 Å². The van der Waals surface area contributed by atoms with Crippen LogP contribution in [0.25, 0.3) is 0 Å². The molecule has 0 aromatic heterocycles. The lowest BCUT2D eigenvalue weighted by atomic mass is 9.90. The van der Waals surface area contributed by atoms with Gasteiger partial charge in [0.1, 0.15) is 0 Å². The normalized spacial score (nSPS) is 14.7. The molecule has 1 fully saturated rings. The number of rotatable bonds is 7. The van der Waals surface area contributed by atoms with Crippen molar-refractivity contribution >= 4 is 17.5 Å². The number of nitrogens with one attached hydrogen (secondary N) is 1. The number of nitrogens with zero attached hydrogens (tertiary/aromatic N) is 2. The number of hydrogen-bond donors (Lipinski definition) is 1. The van der Waals surface area contributed by atoms with Crippen LogP contribution in [0.5, 0.6) is 0 Å². The zero-order valence-electron chi connectivity index (χ0n) is 18.4. The van der Waals surface area contributed by atoms with Crippen LogP contribution in [0.15, 0.2) is 48.5 Å². The van der Waals surface area contributed by atoms with Crippen LogP contribution in [0, 0.1) is 19.8 Å². The number of carbonyl (C=O) groups is 2. The fourth-order valence-electron chi connectivity index (χ4n) is 4.16. The number of amides is 2.